The molecule has 0 saturated carbocycles. The number of hydrogen-bond acceptors (Lipinski definition) is 3. The van der Waals surface area contributed by atoms with E-state index >= 15 is 0 Å². The standard InChI is InChI=1S/C5H10N2O2.ClH/c1-2-7-5(8)4(6)3-9-7;/h4H,2-3,6H2,1H3;1H/t4-;/m1./s1. The molecule has 4 nitrogen and oxygen atoms in total. The predicted molar refractivity (Wildman–Crippen MR) is 38.6 cm³/mol. The fourth-order valence-electron chi connectivity index (χ4n) is 0.737. The van der Waals surface area contributed by atoms with Crippen molar-refractivity contribution in [3.8, 4) is 0 Å². The van der Waals surface area contributed by atoms with E-state index in [4.69, 9.17) is 10.6 Å². The molecule has 10 heavy (non-hydrogen) atoms. The molecule has 1 aliphatic rings. The molecule has 5 heteroatoms. The van der Waals surface area contributed by atoms with E-state index < -0.39 is 6.04 Å². The Morgan fingerprint density at radius 3 is 2.70 bits per heavy atom. The van der Waals surface area contributed by atoms with E-state index in [1.165, 1.54) is 5.06 Å². The van der Waals surface area contributed by atoms with Gasteiger partial charge in [0.15, 0.2) is 0 Å². The zero-order chi connectivity index (χ0) is 6.85. The van der Waals surface area contributed by atoms with E-state index in [2.05, 4.69) is 0 Å². The topological polar surface area (TPSA) is 55.6 Å². The lowest BCUT2D eigenvalue weighted by Crippen LogP contribution is -2.34. The average Bonchev–Trinajstić information content (AvgIpc) is 2.15. The fourth-order valence-corrected chi connectivity index (χ4v) is 0.737. The Hall–Kier alpha value is -0.320. The van der Waals surface area contributed by atoms with Crippen LogP contribution in [0.4, 0.5) is 0 Å². The Morgan fingerprint density at radius 1 is 1.90 bits per heavy atom. The molecule has 1 heterocycles. The van der Waals surface area contributed by atoms with E-state index in [9.17, 15) is 4.79 Å². The van der Waals surface area contributed by atoms with Crippen molar-refractivity contribution in [2.45, 2.75) is 13.0 Å². The van der Waals surface area contributed by atoms with Crippen LogP contribution in [-0.2, 0) is 9.63 Å². The molecule has 2 N–H and O–H groups in total. The summed E-state index contributed by atoms with van der Waals surface area (Å²) in [5, 5.41) is 1.28. The van der Waals surface area contributed by atoms with Gasteiger partial charge >= 0.3 is 0 Å². The van der Waals surface area contributed by atoms with Gasteiger partial charge in [0.05, 0.1) is 6.61 Å². The third kappa shape index (κ3) is 1.59. The molecule has 60 valence electrons. The number of carbonyl (C=O) groups is 1. The van der Waals surface area contributed by atoms with Gasteiger partial charge < -0.3 is 5.73 Å². The number of hydroxylamine groups is 2. The number of likely N-dealkylation sites (N-methyl/N-ethyl adjacent to an activating group) is 1. The lowest BCUT2D eigenvalue weighted by molar-refractivity contribution is -0.160. The van der Waals surface area contributed by atoms with Gasteiger partial charge in [0.25, 0.3) is 5.91 Å². The van der Waals surface area contributed by atoms with Gasteiger partial charge in [-0.2, -0.15) is 0 Å². The largest absolute Gasteiger partial charge is 0.318 e. The molecule has 1 amide bonds. The van der Waals surface area contributed by atoms with Crippen LogP contribution in [-0.4, -0.2) is 30.2 Å². The Bertz CT molecular complexity index is 131. The van der Waals surface area contributed by atoms with Crippen LogP contribution in [0.1, 0.15) is 6.92 Å². The maximum absolute atomic E-state index is 10.8. The molecule has 1 rings (SSSR count). The van der Waals surface area contributed by atoms with Gasteiger partial charge in [-0.15, -0.1) is 12.4 Å². The number of nitrogens with two attached hydrogens (primary N) is 1. The summed E-state index contributed by atoms with van der Waals surface area (Å²) in [6.07, 6.45) is 0. The molecule has 0 radical (unpaired) electrons. The summed E-state index contributed by atoms with van der Waals surface area (Å²) >= 11 is 0. The second-order valence-corrected chi connectivity index (χ2v) is 1.94. The zero-order valence-corrected chi connectivity index (χ0v) is 6.56. The highest BCUT2D eigenvalue weighted by Crippen LogP contribution is 2.03. The normalized spacial score (nSPS) is 24.8. The summed E-state index contributed by atoms with van der Waals surface area (Å²) < 4.78 is 0. The van der Waals surface area contributed by atoms with Gasteiger partial charge in [-0.3, -0.25) is 9.63 Å². The maximum atomic E-state index is 10.8. The molecular formula is C5H11ClN2O2. The van der Waals surface area contributed by atoms with Gasteiger partial charge in [0.2, 0.25) is 0 Å². The van der Waals surface area contributed by atoms with Crippen molar-refractivity contribution < 1.29 is 9.63 Å². The van der Waals surface area contributed by atoms with E-state index in [1.807, 2.05) is 6.92 Å². The summed E-state index contributed by atoms with van der Waals surface area (Å²) in [5.74, 6) is -0.113. The van der Waals surface area contributed by atoms with Crippen molar-refractivity contribution in [2.24, 2.45) is 5.73 Å². The highest BCUT2D eigenvalue weighted by atomic mass is 35.5. The minimum atomic E-state index is -0.440. The second kappa shape index (κ2) is 3.75. The van der Waals surface area contributed by atoms with Crippen LogP contribution in [0.25, 0.3) is 0 Å². The summed E-state index contributed by atoms with van der Waals surface area (Å²) in [5.41, 5.74) is 5.33. The first-order valence-electron chi connectivity index (χ1n) is 2.95. The van der Waals surface area contributed by atoms with Gasteiger partial charge in [-0.1, -0.05) is 0 Å². The number of nitrogens with zero attached hydrogens (tertiary/aromatic N) is 1. The lowest BCUT2D eigenvalue weighted by Gasteiger charge is -2.08. The summed E-state index contributed by atoms with van der Waals surface area (Å²) in [6, 6.07) is -0.440. The monoisotopic (exact) mass is 166 g/mol. The molecule has 1 aliphatic heterocycles. The first-order chi connectivity index (χ1) is 4.25. The van der Waals surface area contributed by atoms with Crippen molar-refractivity contribution in [3.05, 3.63) is 0 Å². The van der Waals surface area contributed by atoms with Crippen molar-refractivity contribution in [2.75, 3.05) is 13.2 Å². The van der Waals surface area contributed by atoms with E-state index in [0.29, 0.717) is 13.2 Å². The van der Waals surface area contributed by atoms with Crippen LogP contribution in [0, 0.1) is 0 Å². The minimum Gasteiger partial charge on any atom is -0.318 e. The molecule has 0 bridgehead atoms. The third-order valence-corrected chi connectivity index (χ3v) is 1.26. The number of amides is 1. The quantitative estimate of drug-likeness (QED) is 0.573. The summed E-state index contributed by atoms with van der Waals surface area (Å²) in [7, 11) is 0. The third-order valence-electron chi connectivity index (χ3n) is 1.26. The molecule has 1 fully saturated rings. The van der Waals surface area contributed by atoms with E-state index in [0.717, 1.165) is 0 Å². The van der Waals surface area contributed by atoms with Crippen LogP contribution in [0.5, 0.6) is 0 Å². The fraction of sp³-hybridized carbons (Fsp3) is 0.800. The molecule has 1 atom stereocenters. The Balaban J connectivity index is 0.000000810. The SMILES string of the molecule is CCN1OC[C@@H](N)C1=O.Cl. The smallest absolute Gasteiger partial charge is 0.265 e. The van der Waals surface area contributed by atoms with E-state index in [1.54, 1.807) is 0 Å². The molecular weight excluding hydrogens is 156 g/mol. The van der Waals surface area contributed by atoms with Crippen LogP contribution < -0.4 is 5.73 Å². The number of rotatable bonds is 1. The van der Waals surface area contributed by atoms with Crippen molar-refractivity contribution in [1.82, 2.24) is 5.06 Å². The average molecular weight is 167 g/mol. The molecule has 0 aromatic rings. The number of hydrogen-bond donors (Lipinski definition) is 1. The first-order valence-corrected chi connectivity index (χ1v) is 2.95. The number of carbonyl (C=O) groups excluding carboxylic acids is 1. The Kier molecular flexibility index (Phi) is 3.63. The summed E-state index contributed by atoms with van der Waals surface area (Å²) in [4.78, 5) is 15.7. The Labute approximate surface area is 65.7 Å². The van der Waals surface area contributed by atoms with Crippen LogP contribution in [0.2, 0.25) is 0 Å². The lowest BCUT2D eigenvalue weighted by atomic mass is 10.3. The summed E-state index contributed by atoms with van der Waals surface area (Å²) in [6.45, 7) is 2.75. The van der Waals surface area contributed by atoms with Crippen LogP contribution >= 0.6 is 12.4 Å². The molecule has 0 unspecified atom stereocenters. The van der Waals surface area contributed by atoms with E-state index in [-0.39, 0.29) is 18.3 Å². The molecule has 0 spiro atoms. The van der Waals surface area contributed by atoms with Crippen LogP contribution in [0.3, 0.4) is 0 Å². The number of halogens is 1. The molecule has 0 aromatic carbocycles. The zero-order valence-electron chi connectivity index (χ0n) is 5.74. The Morgan fingerprint density at radius 2 is 2.50 bits per heavy atom. The highest BCUT2D eigenvalue weighted by molar-refractivity contribution is 5.85. The maximum Gasteiger partial charge on any atom is 0.265 e. The first kappa shape index (κ1) is 9.68. The van der Waals surface area contributed by atoms with Crippen LogP contribution in [0.15, 0.2) is 0 Å². The molecule has 1 saturated heterocycles. The van der Waals surface area contributed by atoms with Gasteiger partial charge in [-0.05, 0) is 6.92 Å². The molecule has 0 aliphatic carbocycles. The van der Waals surface area contributed by atoms with Gasteiger partial charge in [0, 0.05) is 6.54 Å². The van der Waals surface area contributed by atoms with Crippen molar-refractivity contribution >= 4 is 18.3 Å². The highest BCUT2D eigenvalue weighted by Gasteiger charge is 2.28. The van der Waals surface area contributed by atoms with Crippen molar-refractivity contribution in [1.29, 1.82) is 0 Å². The predicted octanol–water partition coefficient (Wildman–Crippen LogP) is -0.471. The minimum absolute atomic E-state index is 0. The van der Waals surface area contributed by atoms with Crippen molar-refractivity contribution in [3.63, 3.8) is 0 Å². The second-order valence-electron chi connectivity index (χ2n) is 1.94. The van der Waals surface area contributed by atoms with Gasteiger partial charge in [-0.25, -0.2) is 5.06 Å². The van der Waals surface area contributed by atoms with Gasteiger partial charge in [0.1, 0.15) is 6.04 Å². The molecule has 0 aromatic heterocycles.